The topological polar surface area (TPSA) is 31.4 Å². The van der Waals surface area contributed by atoms with Gasteiger partial charge in [0, 0.05) is 22.2 Å². The highest BCUT2D eigenvalue weighted by Gasteiger charge is 2.13. The van der Waals surface area contributed by atoms with Crippen molar-refractivity contribution in [2.75, 3.05) is 0 Å². The fourth-order valence-electron chi connectivity index (χ4n) is 3.12. The van der Waals surface area contributed by atoms with Crippen LogP contribution in [0.5, 0.6) is 11.8 Å². The van der Waals surface area contributed by atoms with Crippen LogP contribution in [0.15, 0.2) is 91.0 Å². The first-order valence-corrected chi connectivity index (χ1v) is 10.2. The lowest BCUT2D eigenvalue weighted by Gasteiger charge is -2.14. The molecule has 0 aliphatic heterocycles. The van der Waals surface area contributed by atoms with Crippen molar-refractivity contribution in [1.29, 1.82) is 0 Å². The van der Waals surface area contributed by atoms with Crippen LogP contribution >= 0.6 is 11.6 Å². The van der Waals surface area contributed by atoms with Gasteiger partial charge in [-0.05, 0) is 41.0 Å². The predicted molar refractivity (Wildman–Crippen MR) is 124 cm³/mol. The molecule has 3 aromatic carbocycles. The molecule has 152 valence electrons. The highest BCUT2D eigenvalue weighted by atomic mass is 35.5. The second kappa shape index (κ2) is 9.84. The van der Waals surface area contributed by atoms with Gasteiger partial charge in [-0.2, -0.15) is 4.98 Å². The Bertz CT molecular complexity index is 1200. The maximum Gasteiger partial charge on any atom is 0.225 e. The van der Waals surface area contributed by atoms with E-state index < -0.39 is 0 Å². The van der Waals surface area contributed by atoms with E-state index in [-0.39, 0.29) is 0 Å². The monoisotopic (exact) mass is 425 g/mol. The molecule has 0 saturated carbocycles. The average Bonchev–Trinajstić information content (AvgIpc) is 2.82. The molecule has 31 heavy (non-hydrogen) atoms. The highest BCUT2D eigenvalue weighted by molar-refractivity contribution is 6.31. The quantitative estimate of drug-likeness (QED) is 0.315. The summed E-state index contributed by atoms with van der Waals surface area (Å²) >= 11 is 6.27. The zero-order valence-corrected chi connectivity index (χ0v) is 17.5. The van der Waals surface area contributed by atoms with Crippen LogP contribution in [0.4, 0.5) is 0 Å². The van der Waals surface area contributed by atoms with Crippen molar-refractivity contribution in [2.24, 2.45) is 0 Å². The molecular weight excluding hydrogens is 406 g/mol. The molecule has 0 aliphatic rings. The van der Waals surface area contributed by atoms with E-state index in [9.17, 15) is 0 Å². The Labute approximate surface area is 187 Å². The molecule has 0 spiro atoms. The van der Waals surface area contributed by atoms with Gasteiger partial charge in [0.05, 0.1) is 0 Å². The van der Waals surface area contributed by atoms with Gasteiger partial charge in [-0.3, -0.25) is 0 Å². The molecule has 0 saturated heterocycles. The van der Waals surface area contributed by atoms with Gasteiger partial charge in [0.2, 0.25) is 11.8 Å². The molecule has 0 aliphatic carbocycles. The fraction of sp³-hybridized carbons (Fsp3) is 0.0741. The lowest BCUT2D eigenvalue weighted by Crippen LogP contribution is -2.02. The predicted octanol–water partition coefficient (Wildman–Crippen LogP) is 6.54. The van der Waals surface area contributed by atoms with Crippen LogP contribution in [-0.4, -0.2) is 4.98 Å². The first kappa shape index (κ1) is 20.5. The zero-order valence-electron chi connectivity index (χ0n) is 16.8. The number of rotatable bonds is 7. The van der Waals surface area contributed by atoms with E-state index in [4.69, 9.17) is 27.5 Å². The van der Waals surface area contributed by atoms with Crippen LogP contribution < -0.4 is 9.47 Å². The summed E-state index contributed by atoms with van der Waals surface area (Å²) < 4.78 is 12.0. The molecule has 0 fully saturated rings. The number of hydrogen-bond acceptors (Lipinski definition) is 3. The Morgan fingerprint density at radius 1 is 0.774 bits per heavy atom. The molecule has 4 rings (SSSR count). The fourth-order valence-corrected chi connectivity index (χ4v) is 3.35. The molecule has 0 N–H and O–H groups in total. The third kappa shape index (κ3) is 5.45. The van der Waals surface area contributed by atoms with E-state index in [0.29, 0.717) is 35.6 Å². The molecule has 0 bridgehead atoms. The van der Waals surface area contributed by atoms with E-state index in [1.54, 1.807) is 6.07 Å². The minimum atomic E-state index is 0.380. The van der Waals surface area contributed by atoms with Crippen molar-refractivity contribution in [1.82, 2.24) is 4.98 Å². The number of aromatic nitrogens is 1. The van der Waals surface area contributed by atoms with Crippen LogP contribution in [0.3, 0.4) is 0 Å². The minimum Gasteiger partial charge on any atom is -0.473 e. The maximum absolute atomic E-state index is 6.27. The molecule has 4 aromatic rings. The van der Waals surface area contributed by atoms with Crippen molar-refractivity contribution in [3.8, 4) is 35.2 Å². The summed E-state index contributed by atoms with van der Waals surface area (Å²) in [5, 5.41) is 0.559. The molecule has 3 nitrogen and oxygen atoms in total. The summed E-state index contributed by atoms with van der Waals surface area (Å²) in [5.74, 6) is 3.57. The van der Waals surface area contributed by atoms with Gasteiger partial charge in [-0.25, -0.2) is 0 Å². The Kier molecular flexibility index (Phi) is 6.52. The van der Waals surface area contributed by atoms with E-state index in [1.165, 1.54) is 0 Å². The van der Waals surface area contributed by atoms with Gasteiger partial charge in [-0.15, -0.1) is 6.42 Å². The lowest BCUT2D eigenvalue weighted by molar-refractivity contribution is 0.268. The number of benzene rings is 3. The second-order valence-electron chi connectivity index (χ2n) is 6.92. The lowest BCUT2D eigenvalue weighted by atomic mass is 10.0. The van der Waals surface area contributed by atoms with Crippen LogP contribution in [0.25, 0.3) is 11.1 Å². The van der Waals surface area contributed by atoms with Crippen LogP contribution in [-0.2, 0) is 13.2 Å². The summed E-state index contributed by atoms with van der Waals surface area (Å²) in [6, 6.07) is 29.1. The van der Waals surface area contributed by atoms with Crippen molar-refractivity contribution in [3.05, 3.63) is 113 Å². The Hall–Kier alpha value is -3.74. The van der Waals surface area contributed by atoms with Crippen molar-refractivity contribution >= 4 is 11.6 Å². The molecule has 0 radical (unpaired) electrons. The largest absolute Gasteiger partial charge is 0.473 e. The third-order valence-corrected chi connectivity index (χ3v) is 4.88. The second-order valence-corrected chi connectivity index (χ2v) is 7.36. The summed E-state index contributed by atoms with van der Waals surface area (Å²) in [6.07, 6.45) is 5.58. The first-order chi connectivity index (χ1) is 15.2. The zero-order chi connectivity index (χ0) is 21.5. The van der Waals surface area contributed by atoms with Gasteiger partial charge in [-0.1, -0.05) is 78.2 Å². The van der Waals surface area contributed by atoms with E-state index in [1.807, 2.05) is 84.9 Å². The third-order valence-electron chi connectivity index (χ3n) is 4.66. The maximum atomic E-state index is 6.27. The van der Waals surface area contributed by atoms with E-state index >= 15 is 0 Å². The van der Waals surface area contributed by atoms with Crippen LogP contribution in [0.1, 0.15) is 16.7 Å². The van der Waals surface area contributed by atoms with Crippen LogP contribution in [0.2, 0.25) is 5.02 Å². The van der Waals surface area contributed by atoms with Gasteiger partial charge in [0.25, 0.3) is 0 Å². The van der Waals surface area contributed by atoms with Gasteiger partial charge in [0.1, 0.15) is 13.2 Å². The molecular formula is C27H20ClNO2. The summed E-state index contributed by atoms with van der Waals surface area (Å²) in [6.45, 7) is 0.801. The molecule has 0 unspecified atom stereocenters. The Morgan fingerprint density at radius 2 is 1.42 bits per heavy atom. The Balaban J connectivity index is 1.64. The molecule has 0 amide bonds. The summed E-state index contributed by atoms with van der Waals surface area (Å²) in [5.41, 5.74) is 4.43. The van der Waals surface area contributed by atoms with Crippen LogP contribution in [0, 0.1) is 12.3 Å². The summed E-state index contributed by atoms with van der Waals surface area (Å²) in [7, 11) is 0. The van der Waals surface area contributed by atoms with Gasteiger partial charge >= 0.3 is 0 Å². The summed E-state index contributed by atoms with van der Waals surface area (Å²) in [4.78, 5) is 4.63. The van der Waals surface area contributed by atoms with Crippen molar-refractivity contribution < 1.29 is 9.47 Å². The molecule has 1 aromatic heterocycles. The molecule has 0 atom stereocenters. The van der Waals surface area contributed by atoms with Gasteiger partial charge in [0.15, 0.2) is 0 Å². The minimum absolute atomic E-state index is 0.380. The normalized spacial score (nSPS) is 10.3. The van der Waals surface area contributed by atoms with E-state index in [2.05, 4.69) is 10.9 Å². The number of halogens is 1. The number of nitrogens with zero attached hydrogens (tertiary/aromatic N) is 1. The molecule has 4 heteroatoms. The number of hydrogen-bond donors (Lipinski definition) is 0. The number of pyridine rings is 1. The van der Waals surface area contributed by atoms with Gasteiger partial charge < -0.3 is 9.47 Å². The molecule has 1 heterocycles. The van der Waals surface area contributed by atoms with E-state index in [0.717, 1.165) is 22.3 Å². The standard InChI is InChI=1S/C27H20ClNO2/c1-2-20-15-23(17-24(28)16-20)25-13-14-26(30-18-21-9-5-3-6-10-21)29-27(25)31-19-22-11-7-4-8-12-22/h1,3-17H,18-19H2. The number of ether oxygens (including phenoxy) is 2. The first-order valence-electron chi connectivity index (χ1n) is 9.83. The number of terminal acetylenes is 1. The van der Waals surface area contributed by atoms with Crippen molar-refractivity contribution in [3.63, 3.8) is 0 Å². The SMILES string of the molecule is C#Cc1cc(Cl)cc(-c2ccc(OCc3ccccc3)nc2OCc2ccccc2)c1. The smallest absolute Gasteiger partial charge is 0.225 e. The average molecular weight is 426 g/mol. The van der Waals surface area contributed by atoms with Crippen molar-refractivity contribution in [2.45, 2.75) is 13.2 Å². The highest BCUT2D eigenvalue weighted by Crippen LogP contribution is 2.33. The Morgan fingerprint density at radius 3 is 2.06 bits per heavy atom.